The van der Waals surface area contributed by atoms with Gasteiger partial charge < -0.3 is 10.4 Å². The van der Waals surface area contributed by atoms with Gasteiger partial charge in [-0.3, -0.25) is 4.79 Å². The number of carboxylic acids is 1. The van der Waals surface area contributed by atoms with E-state index in [4.69, 9.17) is 28.3 Å². The van der Waals surface area contributed by atoms with Crippen molar-refractivity contribution in [1.82, 2.24) is 4.98 Å². The number of rotatable bonds is 1. The van der Waals surface area contributed by atoms with Crippen molar-refractivity contribution in [3.63, 3.8) is 0 Å². The van der Waals surface area contributed by atoms with E-state index in [1.807, 2.05) is 6.92 Å². The molecule has 0 aliphatic rings. The number of hydrogen-bond acceptors (Lipinski definition) is 3. The quantitative estimate of drug-likeness (QED) is 0.601. The molecule has 1 heterocycles. The summed E-state index contributed by atoms with van der Waals surface area (Å²) >= 11 is 10.5. The van der Waals surface area contributed by atoms with Crippen LogP contribution in [0.15, 0.2) is 18.3 Å². The van der Waals surface area contributed by atoms with Gasteiger partial charge >= 0.3 is 11.9 Å². The fourth-order valence-corrected chi connectivity index (χ4v) is 0.731. The minimum atomic E-state index is -1.56. The molecule has 1 rings (SSSR count). The van der Waals surface area contributed by atoms with Crippen molar-refractivity contribution in [3.05, 3.63) is 23.4 Å². The van der Waals surface area contributed by atoms with Crippen LogP contribution in [0.5, 0.6) is 0 Å². The molecule has 0 saturated carbocycles. The van der Waals surface area contributed by atoms with Crippen molar-refractivity contribution in [1.29, 1.82) is 0 Å². The molecule has 7 heteroatoms. The molecule has 0 fully saturated rings. The summed E-state index contributed by atoms with van der Waals surface area (Å²) in [5.74, 6) is -1.82. The Morgan fingerprint density at radius 3 is 2.44 bits per heavy atom. The van der Waals surface area contributed by atoms with Crippen LogP contribution in [0.25, 0.3) is 0 Å². The number of carboxylic acid groups (broad SMARTS) is 1. The Morgan fingerprint density at radius 1 is 1.50 bits per heavy atom. The van der Waals surface area contributed by atoms with Gasteiger partial charge in [0.15, 0.2) is 0 Å². The minimum Gasteiger partial charge on any atom is -0.474 e. The summed E-state index contributed by atoms with van der Waals surface area (Å²) in [4.78, 5) is 24.4. The Hall–Kier alpha value is -1.33. The van der Waals surface area contributed by atoms with Crippen molar-refractivity contribution >= 4 is 40.9 Å². The molecule has 5 nitrogen and oxygen atoms in total. The predicted molar refractivity (Wildman–Crippen MR) is 61.9 cm³/mol. The lowest BCUT2D eigenvalue weighted by molar-refractivity contribution is -0.147. The lowest BCUT2D eigenvalue weighted by atomic mass is 10.4. The zero-order valence-electron chi connectivity index (χ0n) is 8.41. The van der Waals surface area contributed by atoms with Gasteiger partial charge in [0.25, 0.3) is 0 Å². The third-order valence-corrected chi connectivity index (χ3v) is 1.39. The van der Waals surface area contributed by atoms with Gasteiger partial charge in [-0.15, -0.1) is 11.6 Å². The van der Waals surface area contributed by atoms with Crippen LogP contribution >= 0.6 is 23.2 Å². The van der Waals surface area contributed by atoms with E-state index in [1.165, 1.54) is 18.3 Å². The Bertz CT molecular complexity index is 354. The van der Waals surface area contributed by atoms with Crippen molar-refractivity contribution in [2.24, 2.45) is 0 Å². The van der Waals surface area contributed by atoms with Crippen molar-refractivity contribution < 1.29 is 14.7 Å². The Labute approximate surface area is 102 Å². The van der Waals surface area contributed by atoms with E-state index in [0.717, 1.165) is 5.88 Å². The van der Waals surface area contributed by atoms with Crippen LogP contribution in [0.1, 0.15) is 6.92 Å². The third-order valence-electron chi connectivity index (χ3n) is 1.16. The van der Waals surface area contributed by atoms with Gasteiger partial charge in [-0.25, -0.2) is 9.78 Å². The van der Waals surface area contributed by atoms with Crippen molar-refractivity contribution in [3.8, 4) is 0 Å². The van der Waals surface area contributed by atoms with E-state index < -0.39 is 11.9 Å². The Kier molecular flexibility index (Phi) is 7.24. The van der Waals surface area contributed by atoms with Crippen LogP contribution in [0.3, 0.4) is 0 Å². The second-order valence-corrected chi connectivity index (χ2v) is 3.36. The highest BCUT2D eigenvalue weighted by Gasteiger charge is 2.10. The molecular formula is C9H10Cl2N2O3. The molecule has 0 aliphatic heterocycles. The van der Waals surface area contributed by atoms with E-state index >= 15 is 0 Å². The summed E-state index contributed by atoms with van der Waals surface area (Å²) in [6.45, 7) is 1.89. The maximum absolute atomic E-state index is 10.6. The van der Waals surface area contributed by atoms with E-state index in [2.05, 4.69) is 10.3 Å². The summed E-state index contributed by atoms with van der Waals surface area (Å²) in [6, 6.07) is 2.90. The highest BCUT2D eigenvalue weighted by Crippen LogP contribution is 2.08. The SMILES string of the molecule is CCCl.O=C(O)C(=O)Nc1ccc(Cl)cn1. The molecule has 0 aliphatic carbocycles. The van der Waals surface area contributed by atoms with Crippen molar-refractivity contribution in [2.45, 2.75) is 6.92 Å². The first kappa shape index (κ1) is 14.7. The first-order chi connectivity index (χ1) is 7.51. The normalized spacial score (nSPS) is 8.69. The highest BCUT2D eigenvalue weighted by molar-refractivity contribution is 6.36. The number of pyridine rings is 1. The maximum atomic E-state index is 10.6. The summed E-state index contributed by atoms with van der Waals surface area (Å²) < 4.78 is 0. The fraction of sp³-hybridized carbons (Fsp3) is 0.222. The molecular weight excluding hydrogens is 255 g/mol. The van der Waals surface area contributed by atoms with Gasteiger partial charge in [0, 0.05) is 12.1 Å². The monoisotopic (exact) mass is 264 g/mol. The van der Waals surface area contributed by atoms with E-state index in [-0.39, 0.29) is 5.82 Å². The van der Waals surface area contributed by atoms with Crippen molar-refractivity contribution in [2.75, 3.05) is 11.2 Å². The zero-order valence-corrected chi connectivity index (χ0v) is 9.92. The highest BCUT2D eigenvalue weighted by atomic mass is 35.5. The number of nitrogens with one attached hydrogen (secondary N) is 1. The first-order valence-corrected chi connectivity index (χ1v) is 5.14. The molecule has 1 aromatic rings. The molecule has 0 radical (unpaired) electrons. The smallest absolute Gasteiger partial charge is 0.394 e. The summed E-state index contributed by atoms with van der Waals surface area (Å²) in [5, 5.41) is 10.7. The molecule has 1 aromatic heterocycles. The van der Waals surface area contributed by atoms with Crippen LogP contribution in [-0.2, 0) is 9.59 Å². The average Bonchev–Trinajstić information content (AvgIpc) is 2.22. The van der Waals surface area contributed by atoms with Crippen LogP contribution in [0.2, 0.25) is 5.02 Å². The number of aliphatic carboxylic acids is 1. The molecule has 0 spiro atoms. The molecule has 88 valence electrons. The van der Waals surface area contributed by atoms with Gasteiger partial charge in [0.05, 0.1) is 5.02 Å². The van der Waals surface area contributed by atoms with Gasteiger partial charge in [0.1, 0.15) is 5.82 Å². The Morgan fingerprint density at radius 2 is 2.06 bits per heavy atom. The van der Waals surface area contributed by atoms with Crippen LogP contribution in [-0.4, -0.2) is 27.8 Å². The largest absolute Gasteiger partial charge is 0.474 e. The van der Waals surface area contributed by atoms with Gasteiger partial charge in [-0.1, -0.05) is 18.5 Å². The molecule has 1 amide bonds. The van der Waals surface area contributed by atoms with E-state index in [1.54, 1.807) is 0 Å². The number of carbonyl (C=O) groups is 2. The summed E-state index contributed by atoms with van der Waals surface area (Å²) in [7, 11) is 0. The maximum Gasteiger partial charge on any atom is 0.394 e. The van der Waals surface area contributed by atoms with Crippen LogP contribution in [0.4, 0.5) is 5.82 Å². The second-order valence-electron chi connectivity index (χ2n) is 2.39. The lowest BCUT2D eigenvalue weighted by Crippen LogP contribution is -2.22. The van der Waals surface area contributed by atoms with Gasteiger partial charge in [0.2, 0.25) is 0 Å². The third kappa shape index (κ3) is 6.21. The molecule has 0 atom stereocenters. The standard InChI is InChI=1S/C7H5ClN2O3.C2H5Cl/c8-4-1-2-5(9-3-4)10-6(11)7(12)13;1-2-3/h1-3H,(H,12,13)(H,9,10,11);2H2,1H3. The number of hydrogen-bond donors (Lipinski definition) is 2. The van der Waals surface area contributed by atoms with Gasteiger partial charge in [-0.2, -0.15) is 0 Å². The number of alkyl halides is 1. The molecule has 0 unspecified atom stereocenters. The summed E-state index contributed by atoms with van der Waals surface area (Å²) in [6.07, 6.45) is 1.30. The van der Waals surface area contributed by atoms with Crippen LogP contribution < -0.4 is 5.32 Å². The minimum absolute atomic E-state index is 0.150. The van der Waals surface area contributed by atoms with Crippen LogP contribution in [0, 0.1) is 0 Å². The van der Waals surface area contributed by atoms with E-state index in [0.29, 0.717) is 5.02 Å². The number of carbonyl (C=O) groups excluding carboxylic acids is 1. The number of halogens is 2. The number of nitrogens with zero attached hydrogens (tertiary/aromatic N) is 1. The zero-order chi connectivity index (χ0) is 12.6. The lowest BCUT2D eigenvalue weighted by Gasteiger charge is -1.99. The molecule has 2 N–H and O–H groups in total. The predicted octanol–water partition coefficient (Wildman–Crippen LogP) is 2.00. The van der Waals surface area contributed by atoms with Gasteiger partial charge in [-0.05, 0) is 12.1 Å². The number of amides is 1. The second kappa shape index (κ2) is 7.90. The number of aromatic nitrogens is 1. The first-order valence-electron chi connectivity index (χ1n) is 4.23. The fourth-order valence-electron chi connectivity index (χ4n) is 0.620. The number of anilines is 1. The molecule has 0 aromatic carbocycles. The topological polar surface area (TPSA) is 79.3 Å². The molecule has 0 bridgehead atoms. The molecule has 16 heavy (non-hydrogen) atoms. The Balaban J connectivity index is 0.000000673. The summed E-state index contributed by atoms with van der Waals surface area (Å²) in [5.41, 5.74) is 0. The average molecular weight is 265 g/mol. The van der Waals surface area contributed by atoms with E-state index in [9.17, 15) is 9.59 Å². The molecule has 0 saturated heterocycles.